The van der Waals surface area contributed by atoms with E-state index in [9.17, 15) is 0 Å². The number of guanidine groups is 1. The van der Waals surface area contributed by atoms with Gasteiger partial charge in [-0.15, -0.1) is 24.0 Å². The lowest BCUT2D eigenvalue weighted by atomic mass is 10.2. The van der Waals surface area contributed by atoms with E-state index < -0.39 is 0 Å². The summed E-state index contributed by atoms with van der Waals surface area (Å²) in [5.41, 5.74) is 0. The van der Waals surface area contributed by atoms with E-state index in [1.165, 1.54) is 6.42 Å². The maximum atomic E-state index is 5.87. The molecular formula is C20H43IN4O3. The minimum Gasteiger partial charge on any atom is -0.379 e. The molecule has 1 unspecified atom stereocenters. The number of rotatable bonds is 14. The standard InChI is InChI=1S/C20H42N4O3.HI/c1-5-7-10-25-13-14-26-11-8-22-20(21-6-2)23-15-19-17-24(9-12-27-19)16-18(3)4;/h18-19H,5-17H2,1-4H3,(H2,21,22,23);1H. The van der Waals surface area contributed by atoms with Crippen LogP contribution in [0.3, 0.4) is 0 Å². The SMILES string of the molecule is CCCCOCCOCCNC(=NCC1CN(CC(C)C)CCO1)NCC.I. The third kappa shape index (κ3) is 14.8. The molecule has 0 aromatic heterocycles. The summed E-state index contributed by atoms with van der Waals surface area (Å²) in [6.45, 7) is 17.7. The molecule has 1 saturated heterocycles. The van der Waals surface area contributed by atoms with Gasteiger partial charge in [-0.25, -0.2) is 0 Å². The van der Waals surface area contributed by atoms with Crippen molar-refractivity contribution >= 4 is 29.9 Å². The van der Waals surface area contributed by atoms with Crippen LogP contribution in [0.4, 0.5) is 0 Å². The quantitative estimate of drug-likeness (QED) is 0.161. The average molecular weight is 514 g/mol. The van der Waals surface area contributed by atoms with Crippen LogP contribution in [0, 0.1) is 5.92 Å². The zero-order chi connectivity index (χ0) is 19.7. The van der Waals surface area contributed by atoms with Gasteiger partial charge in [0.2, 0.25) is 0 Å². The van der Waals surface area contributed by atoms with Crippen molar-refractivity contribution in [1.82, 2.24) is 15.5 Å². The first-order valence-electron chi connectivity index (χ1n) is 10.7. The lowest BCUT2D eigenvalue weighted by Crippen LogP contribution is -2.46. The molecule has 1 aliphatic rings. The van der Waals surface area contributed by atoms with E-state index in [1.807, 2.05) is 0 Å². The van der Waals surface area contributed by atoms with Crippen molar-refractivity contribution in [3.63, 3.8) is 0 Å². The fourth-order valence-corrected chi connectivity index (χ4v) is 2.92. The van der Waals surface area contributed by atoms with Crippen molar-refractivity contribution in [3.8, 4) is 0 Å². The van der Waals surface area contributed by atoms with Crippen molar-refractivity contribution in [2.75, 3.05) is 72.3 Å². The second-order valence-electron chi connectivity index (χ2n) is 7.37. The van der Waals surface area contributed by atoms with Crippen LogP contribution in [-0.2, 0) is 14.2 Å². The van der Waals surface area contributed by atoms with E-state index >= 15 is 0 Å². The Bertz CT molecular complexity index is 386. The predicted molar refractivity (Wildman–Crippen MR) is 127 cm³/mol. The number of morpholine rings is 1. The third-order valence-electron chi connectivity index (χ3n) is 4.20. The van der Waals surface area contributed by atoms with Crippen LogP contribution < -0.4 is 10.6 Å². The van der Waals surface area contributed by atoms with Gasteiger partial charge in [-0.3, -0.25) is 9.89 Å². The summed E-state index contributed by atoms with van der Waals surface area (Å²) in [5.74, 6) is 1.51. The normalized spacial score (nSPS) is 18.2. The highest BCUT2D eigenvalue weighted by atomic mass is 127. The number of aliphatic imine (C=N–C) groups is 1. The molecule has 0 saturated carbocycles. The van der Waals surface area contributed by atoms with Crippen LogP contribution in [0.15, 0.2) is 4.99 Å². The topological polar surface area (TPSA) is 67.4 Å². The predicted octanol–water partition coefficient (Wildman–Crippen LogP) is 2.35. The zero-order valence-corrected chi connectivity index (χ0v) is 20.7. The Morgan fingerprint density at radius 2 is 1.89 bits per heavy atom. The molecule has 0 aromatic rings. The average Bonchev–Trinajstić information content (AvgIpc) is 2.64. The van der Waals surface area contributed by atoms with Crippen molar-refractivity contribution < 1.29 is 14.2 Å². The number of hydrogen-bond acceptors (Lipinski definition) is 5. The fraction of sp³-hybridized carbons (Fsp3) is 0.950. The van der Waals surface area contributed by atoms with Gasteiger partial charge in [0.15, 0.2) is 5.96 Å². The zero-order valence-electron chi connectivity index (χ0n) is 18.4. The van der Waals surface area contributed by atoms with Gasteiger partial charge in [0, 0.05) is 39.3 Å². The summed E-state index contributed by atoms with van der Waals surface area (Å²) in [5, 5.41) is 6.60. The molecule has 0 aliphatic carbocycles. The molecule has 168 valence electrons. The van der Waals surface area contributed by atoms with Crippen LogP contribution in [0.1, 0.15) is 40.5 Å². The summed E-state index contributed by atoms with van der Waals surface area (Å²) in [6.07, 6.45) is 2.45. The smallest absolute Gasteiger partial charge is 0.191 e. The van der Waals surface area contributed by atoms with Crippen LogP contribution >= 0.6 is 24.0 Å². The van der Waals surface area contributed by atoms with E-state index in [-0.39, 0.29) is 30.1 Å². The summed E-state index contributed by atoms with van der Waals surface area (Å²) in [6, 6.07) is 0. The molecule has 1 aliphatic heterocycles. The largest absolute Gasteiger partial charge is 0.379 e. The fourth-order valence-electron chi connectivity index (χ4n) is 2.92. The molecule has 28 heavy (non-hydrogen) atoms. The van der Waals surface area contributed by atoms with E-state index in [2.05, 4.69) is 48.2 Å². The Kier molecular flexibility index (Phi) is 18.7. The van der Waals surface area contributed by atoms with Gasteiger partial charge in [-0.2, -0.15) is 0 Å². The Hall–Kier alpha value is -0.160. The Balaban J connectivity index is 0.00000729. The van der Waals surface area contributed by atoms with Crippen LogP contribution in [0.2, 0.25) is 0 Å². The Morgan fingerprint density at radius 3 is 2.57 bits per heavy atom. The Labute approximate surface area is 189 Å². The van der Waals surface area contributed by atoms with Gasteiger partial charge in [-0.05, 0) is 19.3 Å². The number of hydrogen-bond donors (Lipinski definition) is 2. The molecule has 1 heterocycles. The highest BCUT2D eigenvalue weighted by Gasteiger charge is 2.20. The molecule has 1 fully saturated rings. The van der Waals surface area contributed by atoms with E-state index in [0.717, 1.165) is 58.3 Å². The van der Waals surface area contributed by atoms with Crippen LogP contribution in [0.25, 0.3) is 0 Å². The van der Waals surface area contributed by atoms with Gasteiger partial charge in [-0.1, -0.05) is 27.2 Å². The van der Waals surface area contributed by atoms with Gasteiger partial charge in [0.1, 0.15) is 0 Å². The van der Waals surface area contributed by atoms with Crippen molar-refractivity contribution in [2.24, 2.45) is 10.9 Å². The minimum atomic E-state index is 0. The number of nitrogens with one attached hydrogen (secondary N) is 2. The summed E-state index contributed by atoms with van der Waals surface area (Å²) >= 11 is 0. The Morgan fingerprint density at radius 1 is 1.14 bits per heavy atom. The summed E-state index contributed by atoms with van der Waals surface area (Å²) in [4.78, 5) is 7.16. The van der Waals surface area contributed by atoms with Gasteiger partial charge in [0.05, 0.1) is 39.1 Å². The number of halogens is 1. The first-order valence-corrected chi connectivity index (χ1v) is 10.7. The van der Waals surface area contributed by atoms with Gasteiger partial charge >= 0.3 is 0 Å². The first-order chi connectivity index (χ1) is 13.2. The maximum absolute atomic E-state index is 5.87. The molecule has 8 heteroatoms. The van der Waals surface area contributed by atoms with Crippen LogP contribution in [0.5, 0.6) is 0 Å². The maximum Gasteiger partial charge on any atom is 0.191 e. The molecule has 0 bridgehead atoms. The van der Waals surface area contributed by atoms with Crippen molar-refractivity contribution in [3.05, 3.63) is 0 Å². The molecule has 0 spiro atoms. The van der Waals surface area contributed by atoms with E-state index in [0.29, 0.717) is 32.3 Å². The molecule has 1 atom stereocenters. The molecule has 0 amide bonds. The first kappa shape index (κ1) is 27.8. The minimum absolute atomic E-state index is 0. The molecule has 0 radical (unpaired) electrons. The van der Waals surface area contributed by atoms with Crippen molar-refractivity contribution in [2.45, 2.75) is 46.6 Å². The summed E-state index contributed by atoms with van der Waals surface area (Å²) < 4.78 is 16.9. The molecule has 2 N–H and O–H groups in total. The molecular weight excluding hydrogens is 471 g/mol. The lowest BCUT2D eigenvalue weighted by Gasteiger charge is -2.33. The number of unbranched alkanes of at least 4 members (excludes halogenated alkanes) is 1. The molecule has 0 aromatic carbocycles. The highest BCUT2D eigenvalue weighted by molar-refractivity contribution is 14.0. The van der Waals surface area contributed by atoms with Crippen LogP contribution in [-0.4, -0.2) is 89.3 Å². The second-order valence-corrected chi connectivity index (χ2v) is 7.37. The molecule has 7 nitrogen and oxygen atoms in total. The van der Waals surface area contributed by atoms with E-state index in [1.54, 1.807) is 0 Å². The summed E-state index contributed by atoms with van der Waals surface area (Å²) in [7, 11) is 0. The van der Waals surface area contributed by atoms with Gasteiger partial charge < -0.3 is 24.8 Å². The van der Waals surface area contributed by atoms with E-state index in [4.69, 9.17) is 14.2 Å². The monoisotopic (exact) mass is 514 g/mol. The third-order valence-corrected chi connectivity index (χ3v) is 4.20. The number of nitrogens with zero attached hydrogens (tertiary/aromatic N) is 2. The molecule has 1 rings (SSSR count). The highest BCUT2D eigenvalue weighted by Crippen LogP contribution is 2.08. The lowest BCUT2D eigenvalue weighted by molar-refractivity contribution is -0.0262. The number of ether oxygens (including phenoxy) is 3. The van der Waals surface area contributed by atoms with Crippen molar-refractivity contribution in [1.29, 1.82) is 0 Å². The second kappa shape index (κ2) is 18.8. The van der Waals surface area contributed by atoms with Gasteiger partial charge in [0.25, 0.3) is 0 Å².